The summed E-state index contributed by atoms with van der Waals surface area (Å²) in [6, 6.07) is -0.513. The second-order valence-corrected chi connectivity index (χ2v) is 8.98. The molecular weight excluding hydrogens is 490 g/mol. The number of allylic oxidation sites excluding steroid dienone is 6. The van der Waals surface area contributed by atoms with E-state index < -0.39 is 6.04 Å². The summed E-state index contributed by atoms with van der Waals surface area (Å²) in [7, 11) is 3.35. The first kappa shape index (κ1) is 33.0. The molecule has 1 aliphatic rings. The van der Waals surface area contributed by atoms with E-state index in [1.54, 1.807) is 26.4 Å². The van der Waals surface area contributed by atoms with Crippen LogP contribution in [0.25, 0.3) is 5.57 Å². The number of rotatable bonds is 12. The minimum Gasteiger partial charge on any atom is -0.501 e. The zero-order valence-corrected chi connectivity index (χ0v) is 24.4. The van der Waals surface area contributed by atoms with Crippen LogP contribution in [0, 0.1) is 19.8 Å². The number of likely N-dealkylation sites (N-methyl/N-ethyl adjacent to an activating group) is 2. The summed E-state index contributed by atoms with van der Waals surface area (Å²) in [6.07, 6.45) is 13.3. The fourth-order valence-electron chi connectivity index (χ4n) is 3.96. The lowest BCUT2D eigenvalue weighted by Crippen LogP contribution is -2.45. The summed E-state index contributed by atoms with van der Waals surface area (Å²) in [5.41, 5.74) is 6.70. The quantitative estimate of drug-likeness (QED) is 0.231. The first-order valence-electron chi connectivity index (χ1n) is 12.8. The lowest BCUT2D eigenvalue weighted by Gasteiger charge is -2.18. The van der Waals surface area contributed by atoms with Crippen molar-refractivity contribution in [3.8, 4) is 0 Å². The summed E-state index contributed by atoms with van der Waals surface area (Å²) < 4.78 is 5.16. The molecule has 0 fully saturated rings. The van der Waals surface area contributed by atoms with Gasteiger partial charge in [-0.3, -0.25) is 19.9 Å². The summed E-state index contributed by atoms with van der Waals surface area (Å²) in [5, 5.41) is 5.08. The number of ether oxygens (including phenoxy) is 1. The van der Waals surface area contributed by atoms with E-state index in [4.69, 9.17) is 4.74 Å². The van der Waals surface area contributed by atoms with Crippen LogP contribution in [0.4, 0.5) is 0 Å². The van der Waals surface area contributed by atoms with Crippen molar-refractivity contribution in [3.63, 3.8) is 0 Å². The van der Waals surface area contributed by atoms with Gasteiger partial charge in [0.15, 0.2) is 0 Å². The van der Waals surface area contributed by atoms with Crippen LogP contribution in [0.15, 0.2) is 85.0 Å². The van der Waals surface area contributed by atoms with Gasteiger partial charge >= 0.3 is 0 Å². The summed E-state index contributed by atoms with van der Waals surface area (Å²) in [4.78, 5) is 33.4. The van der Waals surface area contributed by atoms with E-state index in [1.165, 1.54) is 5.57 Å². The number of amides is 2. The minimum atomic E-state index is -0.513. The Labute approximate surface area is 233 Å². The molecule has 0 saturated carbocycles. The maximum Gasteiger partial charge on any atom is 0.244 e. The maximum atomic E-state index is 11.9. The van der Waals surface area contributed by atoms with Crippen LogP contribution in [-0.4, -0.2) is 60.5 Å². The Morgan fingerprint density at radius 2 is 2.00 bits per heavy atom. The Morgan fingerprint density at radius 1 is 1.31 bits per heavy atom. The molecule has 2 atom stereocenters. The van der Waals surface area contributed by atoms with Crippen molar-refractivity contribution < 1.29 is 14.3 Å². The second kappa shape index (κ2) is 16.7. The van der Waals surface area contributed by atoms with Gasteiger partial charge in [0, 0.05) is 36.1 Å². The third-order valence-electron chi connectivity index (χ3n) is 6.24. The SMILES string of the molecule is C=C/C=C(\C=C/C(C)C(NC)C(=O)NC=O)c1nc(C)cnc1C.C=CC1=C(/C=C(\C)OC)C(=C)N(CC)C1. The summed E-state index contributed by atoms with van der Waals surface area (Å²) in [6.45, 7) is 23.3. The molecule has 2 unspecified atom stereocenters. The van der Waals surface area contributed by atoms with Crippen LogP contribution < -0.4 is 10.6 Å². The van der Waals surface area contributed by atoms with Gasteiger partial charge in [-0.2, -0.15) is 0 Å². The van der Waals surface area contributed by atoms with Gasteiger partial charge in [-0.1, -0.05) is 57.0 Å². The first-order valence-corrected chi connectivity index (χ1v) is 12.8. The average Bonchev–Trinajstić information content (AvgIpc) is 3.22. The molecule has 2 heterocycles. The fourth-order valence-corrected chi connectivity index (χ4v) is 3.96. The number of carbonyl (C=O) groups is 2. The number of imide groups is 1. The monoisotopic (exact) mass is 533 g/mol. The molecule has 2 N–H and O–H groups in total. The van der Waals surface area contributed by atoms with Crippen molar-refractivity contribution in [1.29, 1.82) is 0 Å². The van der Waals surface area contributed by atoms with Crippen LogP contribution in [0.1, 0.15) is 37.9 Å². The van der Waals surface area contributed by atoms with Gasteiger partial charge in [0.25, 0.3) is 0 Å². The highest BCUT2D eigenvalue weighted by Gasteiger charge is 2.22. The van der Waals surface area contributed by atoms with Crippen LogP contribution in [0.2, 0.25) is 0 Å². The number of nitrogens with zero attached hydrogens (tertiary/aromatic N) is 3. The summed E-state index contributed by atoms with van der Waals surface area (Å²) in [5.74, 6) is 0.384. The van der Waals surface area contributed by atoms with E-state index in [-0.39, 0.29) is 11.8 Å². The highest BCUT2D eigenvalue weighted by Crippen LogP contribution is 2.29. The Morgan fingerprint density at radius 3 is 2.54 bits per heavy atom. The fraction of sp³-hybridized carbons (Fsp3) is 0.355. The van der Waals surface area contributed by atoms with E-state index in [0.29, 0.717) is 6.41 Å². The molecule has 0 radical (unpaired) electrons. The molecule has 0 aromatic carbocycles. The van der Waals surface area contributed by atoms with Gasteiger partial charge in [-0.05, 0) is 52.3 Å². The first-order chi connectivity index (χ1) is 18.6. The van der Waals surface area contributed by atoms with Crippen molar-refractivity contribution in [1.82, 2.24) is 25.5 Å². The van der Waals surface area contributed by atoms with Crippen molar-refractivity contribution in [2.75, 3.05) is 27.2 Å². The summed E-state index contributed by atoms with van der Waals surface area (Å²) >= 11 is 0. The number of nitrogens with one attached hydrogen (secondary N) is 2. The maximum absolute atomic E-state index is 11.9. The lowest BCUT2D eigenvalue weighted by atomic mass is 9.98. The zero-order valence-electron chi connectivity index (χ0n) is 24.4. The zero-order chi connectivity index (χ0) is 29.5. The van der Waals surface area contributed by atoms with Crippen molar-refractivity contribution >= 4 is 17.9 Å². The predicted molar refractivity (Wildman–Crippen MR) is 159 cm³/mol. The van der Waals surface area contributed by atoms with Crippen LogP contribution in [-0.2, 0) is 14.3 Å². The van der Waals surface area contributed by atoms with Crippen LogP contribution >= 0.6 is 0 Å². The predicted octanol–water partition coefficient (Wildman–Crippen LogP) is 4.58. The molecule has 210 valence electrons. The van der Waals surface area contributed by atoms with Crippen molar-refractivity contribution in [2.45, 2.75) is 40.7 Å². The molecular formula is C31H43N5O3. The van der Waals surface area contributed by atoms with Gasteiger partial charge in [0.1, 0.15) is 0 Å². The number of carbonyl (C=O) groups excluding carboxylic acids is 2. The molecule has 8 nitrogen and oxygen atoms in total. The standard InChI is InChI=1S/C18H24N4O2.C13H19NO/c1-6-7-15(17-14(4)20-10-13(3)22-17)9-8-12(2)16(19-5)18(24)21-11-23;1-6-12-9-14(7-2)11(4)13(12)8-10(3)15-5/h6-12,16,19H,1H2,2-5H3,(H,21,23,24);6,8H,1,4,7,9H2,2-3,5H3/b9-8-,15-7+;10-8+. The Balaban J connectivity index is 0.000000434. The molecule has 39 heavy (non-hydrogen) atoms. The van der Waals surface area contributed by atoms with Crippen molar-refractivity contribution in [2.24, 2.45) is 5.92 Å². The number of hydrogen-bond acceptors (Lipinski definition) is 7. The second-order valence-electron chi connectivity index (χ2n) is 8.98. The topological polar surface area (TPSA) is 96.5 Å². The van der Waals surface area contributed by atoms with Gasteiger partial charge in [0.2, 0.25) is 12.3 Å². The van der Waals surface area contributed by atoms with Gasteiger partial charge < -0.3 is 15.0 Å². The van der Waals surface area contributed by atoms with Crippen LogP contribution in [0.5, 0.6) is 0 Å². The number of hydrogen-bond donors (Lipinski definition) is 2. The molecule has 2 rings (SSSR count). The van der Waals surface area contributed by atoms with E-state index in [2.05, 4.69) is 52.2 Å². The van der Waals surface area contributed by atoms with E-state index in [0.717, 1.165) is 52.8 Å². The third kappa shape index (κ3) is 9.65. The van der Waals surface area contributed by atoms with Gasteiger partial charge in [-0.15, -0.1) is 0 Å². The molecule has 0 aliphatic carbocycles. The minimum absolute atomic E-state index is 0.138. The third-order valence-corrected chi connectivity index (χ3v) is 6.24. The van der Waals surface area contributed by atoms with Gasteiger partial charge in [0.05, 0.1) is 36.0 Å². The Hall–Kier alpha value is -4.04. The van der Waals surface area contributed by atoms with Crippen LogP contribution in [0.3, 0.4) is 0 Å². The Kier molecular flexibility index (Phi) is 14.2. The largest absolute Gasteiger partial charge is 0.501 e. The molecule has 1 aromatic rings. The Bertz CT molecular complexity index is 1180. The smallest absolute Gasteiger partial charge is 0.244 e. The molecule has 0 bridgehead atoms. The number of aryl methyl sites for hydroxylation is 2. The molecule has 2 amide bonds. The highest BCUT2D eigenvalue weighted by molar-refractivity contribution is 5.90. The van der Waals surface area contributed by atoms with E-state index in [9.17, 15) is 9.59 Å². The average molecular weight is 534 g/mol. The molecule has 0 saturated heterocycles. The van der Waals surface area contributed by atoms with Crippen molar-refractivity contribution in [3.05, 3.63) is 102 Å². The van der Waals surface area contributed by atoms with Gasteiger partial charge in [-0.25, -0.2) is 4.98 Å². The molecule has 0 spiro atoms. The van der Waals surface area contributed by atoms with E-state index >= 15 is 0 Å². The molecule has 1 aliphatic heterocycles. The lowest BCUT2D eigenvalue weighted by molar-refractivity contribution is -0.127. The molecule has 1 aromatic heterocycles. The highest BCUT2D eigenvalue weighted by atomic mass is 16.5. The normalized spacial score (nSPS) is 15.5. The number of aromatic nitrogens is 2. The number of methoxy groups -OCH3 is 1. The molecule has 8 heteroatoms. The van der Waals surface area contributed by atoms with E-state index in [1.807, 2.05) is 58.1 Å².